The van der Waals surface area contributed by atoms with E-state index in [0.29, 0.717) is 43.8 Å². The van der Waals surface area contributed by atoms with Crippen LogP contribution in [0.25, 0.3) is 0 Å². The summed E-state index contributed by atoms with van der Waals surface area (Å²) >= 11 is 0. The normalized spacial score (nSPS) is 13.3. The highest BCUT2D eigenvalue weighted by molar-refractivity contribution is 6.87. The van der Waals surface area contributed by atoms with Crippen molar-refractivity contribution in [1.29, 1.82) is 0 Å². The quantitative estimate of drug-likeness (QED) is 0.0171. The number of hydrogen-bond donors (Lipinski definition) is 0. The second kappa shape index (κ2) is 21.0. The van der Waals surface area contributed by atoms with Crippen LogP contribution in [0, 0.1) is 5.41 Å². The van der Waals surface area contributed by atoms with Crippen LogP contribution in [0.15, 0.2) is 36.6 Å². The van der Waals surface area contributed by atoms with E-state index in [2.05, 4.69) is 65.6 Å². The smallest absolute Gasteiger partial charge is 0.333 e. The SMILES string of the molecule is C=C(C)C(=C)OCCCC(=O)OCC(CC)(COCCC[Si](C)(O[Si](C)(C)C)O[Si](C)(C)C)COC(=O)CCCOC(=O)C(=C)C. The Labute approximate surface area is 281 Å². The van der Waals surface area contributed by atoms with Crippen LogP contribution < -0.4 is 0 Å². The lowest BCUT2D eigenvalue weighted by Crippen LogP contribution is -2.52. The topological polar surface area (TPSA) is 116 Å². The Kier molecular flexibility index (Phi) is 20.1. The van der Waals surface area contributed by atoms with E-state index in [4.69, 9.17) is 31.9 Å². The summed E-state index contributed by atoms with van der Waals surface area (Å²) in [5, 5.41) is 0. The van der Waals surface area contributed by atoms with Gasteiger partial charge in [0.1, 0.15) is 19.0 Å². The van der Waals surface area contributed by atoms with E-state index in [1.807, 2.05) is 6.92 Å². The summed E-state index contributed by atoms with van der Waals surface area (Å²) < 4.78 is 41.2. The van der Waals surface area contributed by atoms with Gasteiger partial charge in [0.05, 0.1) is 25.2 Å². The molecule has 0 aromatic heterocycles. The van der Waals surface area contributed by atoms with Crippen LogP contribution in [0.1, 0.15) is 59.3 Å². The second-order valence-corrected chi connectivity index (χ2v) is 26.9. The predicted octanol–water partition coefficient (Wildman–Crippen LogP) is 7.44. The lowest BCUT2D eigenvalue weighted by atomic mass is 9.88. The molecule has 0 aliphatic rings. The number of carbonyl (C=O) groups excluding carboxylic acids is 3. The third kappa shape index (κ3) is 21.7. The number of allylic oxidation sites excluding steroid dienone is 1. The van der Waals surface area contributed by atoms with Gasteiger partial charge in [-0.1, -0.05) is 26.7 Å². The highest BCUT2D eigenvalue weighted by Gasteiger charge is 2.40. The van der Waals surface area contributed by atoms with Gasteiger partial charge in [-0.05, 0) is 97.0 Å². The fourth-order valence-electron chi connectivity index (χ4n) is 4.28. The first-order valence-corrected chi connectivity index (χ1v) is 25.6. The number of esters is 3. The van der Waals surface area contributed by atoms with Crippen LogP contribution >= 0.6 is 0 Å². The van der Waals surface area contributed by atoms with Gasteiger partial charge in [-0.2, -0.15) is 0 Å². The third-order valence-corrected chi connectivity index (χ3v) is 16.2. The fraction of sp³-hybridized carbons (Fsp3) is 0.727. The Morgan fingerprint density at radius 1 is 0.630 bits per heavy atom. The van der Waals surface area contributed by atoms with Crippen LogP contribution in [0.3, 0.4) is 0 Å². The Hall–Kier alpha value is -2.04. The molecule has 0 aliphatic carbocycles. The van der Waals surface area contributed by atoms with Gasteiger partial charge in [0.25, 0.3) is 0 Å². The maximum absolute atomic E-state index is 12.6. The number of carbonyl (C=O) groups is 3. The van der Waals surface area contributed by atoms with Crippen molar-refractivity contribution in [2.24, 2.45) is 5.41 Å². The van der Waals surface area contributed by atoms with Crippen molar-refractivity contribution in [3.05, 3.63) is 36.6 Å². The molecule has 0 spiro atoms. The van der Waals surface area contributed by atoms with E-state index in [0.717, 1.165) is 18.0 Å². The zero-order chi connectivity index (χ0) is 35.6. The van der Waals surface area contributed by atoms with Gasteiger partial charge in [0.2, 0.25) is 0 Å². The summed E-state index contributed by atoms with van der Waals surface area (Å²) in [5.74, 6) is -0.805. The van der Waals surface area contributed by atoms with Crippen molar-refractivity contribution in [2.45, 2.75) is 111 Å². The molecular formula is C33H62O10Si3. The van der Waals surface area contributed by atoms with Crippen LogP contribution in [-0.2, 0) is 46.3 Å². The van der Waals surface area contributed by atoms with E-state index < -0.39 is 42.5 Å². The highest BCUT2D eigenvalue weighted by Crippen LogP contribution is 2.27. The standard InChI is InChI=1S/C33H62O10Si3/c1-14-33(25-40-30(34)18-15-21-38-29(6)27(2)3,26-41-31(35)19-16-22-39-32(36)28(4)5)24-37-20-17-23-46(13,42-44(7,8)9)43-45(10,11)12/h2,4,6,14-26H2,1,3,5,7-13H3. The van der Waals surface area contributed by atoms with Crippen LogP contribution in [0.2, 0.25) is 51.9 Å². The lowest BCUT2D eigenvalue weighted by molar-refractivity contribution is -0.158. The first kappa shape index (κ1) is 44.0. The van der Waals surface area contributed by atoms with Gasteiger partial charge in [-0.15, -0.1) is 0 Å². The molecule has 0 bridgehead atoms. The zero-order valence-corrected chi connectivity index (χ0v) is 33.4. The van der Waals surface area contributed by atoms with Gasteiger partial charge in [0, 0.05) is 25.0 Å². The van der Waals surface area contributed by atoms with Gasteiger partial charge in [-0.25, -0.2) is 4.79 Å². The summed E-state index contributed by atoms with van der Waals surface area (Å²) in [6.07, 6.45) is 2.35. The third-order valence-electron chi connectivity index (χ3n) is 6.59. The molecule has 13 heteroatoms. The average Bonchev–Trinajstić information content (AvgIpc) is 2.91. The minimum Gasteiger partial charge on any atom is -0.494 e. The van der Waals surface area contributed by atoms with E-state index in [9.17, 15) is 14.4 Å². The Balaban J connectivity index is 5.26. The van der Waals surface area contributed by atoms with Crippen molar-refractivity contribution in [2.75, 3.05) is 39.6 Å². The molecular weight excluding hydrogens is 641 g/mol. The molecule has 0 N–H and O–H groups in total. The Bertz CT molecular complexity index is 948. The molecule has 0 fully saturated rings. The van der Waals surface area contributed by atoms with Gasteiger partial charge in [0.15, 0.2) is 16.6 Å². The summed E-state index contributed by atoms with van der Waals surface area (Å²) in [6, 6.07) is 0.806. The first-order chi connectivity index (χ1) is 21.1. The molecule has 0 heterocycles. The molecule has 10 nitrogen and oxygen atoms in total. The second-order valence-electron chi connectivity index (χ2n) is 14.1. The minimum absolute atomic E-state index is 0.0205. The van der Waals surface area contributed by atoms with Crippen LogP contribution in [0.5, 0.6) is 0 Å². The van der Waals surface area contributed by atoms with Crippen LogP contribution in [0.4, 0.5) is 0 Å². The zero-order valence-electron chi connectivity index (χ0n) is 30.4. The van der Waals surface area contributed by atoms with Crippen molar-refractivity contribution in [3.63, 3.8) is 0 Å². The maximum Gasteiger partial charge on any atom is 0.333 e. The van der Waals surface area contributed by atoms with Crippen LogP contribution in [-0.4, -0.2) is 82.7 Å². The van der Waals surface area contributed by atoms with Crippen molar-refractivity contribution in [1.82, 2.24) is 0 Å². The molecule has 0 aromatic rings. The molecule has 266 valence electrons. The maximum atomic E-state index is 12.6. The highest BCUT2D eigenvalue weighted by atomic mass is 28.5. The molecule has 1 unspecified atom stereocenters. The number of rotatable bonds is 26. The van der Waals surface area contributed by atoms with Gasteiger partial charge < -0.3 is 31.9 Å². The monoisotopic (exact) mass is 702 g/mol. The molecule has 0 aliphatic heterocycles. The molecule has 1 atom stereocenters. The first-order valence-electron chi connectivity index (χ1n) is 16.2. The van der Waals surface area contributed by atoms with E-state index in [-0.39, 0.29) is 45.2 Å². The van der Waals surface area contributed by atoms with E-state index in [1.54, 1.807) is 13.8 Å². The summed E-state index contributed by atoms with van der Waals surface area (Å²) in [6.45, 7) is 32.8. The van der Waals surface area contributed by atoms with Gasteiger partial charge in [-0.3, -0.25) is 9.59 Å². The van der Waals surface area contributed by atoms with Crippen molar-refractivity contribution < 1.29 is 46.3 Å². The molecule has 0 rings (SSSR count). The molecule has 0 aromatic carbocycles. The minimum atomic E-state index is -2.40. The van der Waals surface area contributed by atoms with E-state index >= 15 is 0 Å². The number of ether oxygens (including phenoxy) is 5. The fourth-order valence-corrected chi connectivity index (χ4v) is 16.8. The van der Waals surface area contributed by atoms with E-state index in [1.165, 1.54) is 0 Å². The molecule has 46 heavy (non-hydrogen) atoms. The summed E-state index contributed by atoms with van der Waals surface area (Å²) in [7, 11) is -6.01. The molecule has 0 radical (unpaired) electrons. The Morgan fingerprint density at radius 2 is 1.11 bits per heavy atom. The van der Waals surface area contributed by atoms with Crippen molar-refractivity contribution >= 4 is 43.1 Å². The summed E-state index contributed by atoms with van der Waals surface area (Å²) in [5.41, 5.74) is 0.304. The van der Waals surface area contributed by atoms with Gasteiger partial charge >= 0.3 is 26.5 Å². The Morgan fingerprint density at radius 3 is 1.52 bits per heavy atom. The predicted molar refractivity (Wildman–Crippen MR) is 190 cm³/mol. The largest absolute Gasteiger partial charge is 0.494 e. The average molecular weight is 703 g/mol. The molecule has 0 saturated heterocycles. The van der Waals surface area contributed by atoms with Crippen molar-refractivity contribution in [3.8, 4) is 0 Å². The number of hydrogen-bond acceptors (Lipinski definition) is 10. The molecule has 0 saturated carbocycles. The lowest BCUT2D eigenvalue weighted by Gasteiger charge is -2.38. The molecule has 0 amide bonds. The summed E-state index contributed by atoms with van der Waals surface area (Å²) in [4.78, 5) is 36.7.